The number of carboxylic acids is 1. The Kier molecular flexibility index (Phi) is 7.47. The van der Waals surface area contributed by atoms with Gasteiger partial charge >= 0.3 is 12.1 Å². The Balaban J connectivity index is 1.17. The van der Waals surface area contributed by atoms with Crippen molar-refractivity contribution < 1.29 is 24.2 Å². The molecule has 0 aliphatic carbocycles. The van der Waals surface area contributed by atoms with Crippen molar-refractivity contribution in [1.82, 2.24) is 9.78 Å². The van der Waals surface area contributed by atoms with Gasteiger partial charge in [-0.1, -0.05) is 42.5 Å². The standard InChI is InChI=1S/C32H25N3O5S2/c1-19(20-8-4-3-5-9-20)39-32(38)34-30-24(18-33-35(30)2)27-17-29-28(42-27)16-26(41-29)21-12-14-22(15-13-21)40-25-11-7-6-10-23(25)31(36)37/h3-19H,1-2H3,(H,34,38)(H,36,37)/t19-/m1/s1. The number of carboxylic acid groups (broad SMARTS) is 1. The molecule has 1 amide bonds. The second kappa shape index (κ2) is 11.5. The van der Waals surface area contributed by atoms with Crippen molar-refractivity contribution in [1.29, 1.82) is 0 Å². The van der Waals surface area contributed by atoms with Crippen molar-refractivity contribution in [3.63, 3.8) is 0 Å². The minimum atomic E-state index is -1.04. The number of carbonyl (C=O) groups is 2. The lowest BCUT2D eigenvalue weighted by atomic mass is 10.1. The van der Waals surface area contributed by atoms with Crippen LogP contribution in [0.5, 0.6) is 11.5 Å². The van der Waals surface area contributed by atoms with E-state index in [1.54, 1.807) is 58.8 Å². The number of aromatic carboxylic acids is 1. The van der Waals surface area contributed by atoms with E-state index in [0.717, 1.165) is 35.8 Å². The van der Waals surface area contributed by atoms with Crippen LogP contribution in [0.3, 0.4) is 0 Å². The number of hydrogen-bond acceptors (Lipinski definition) is 7. The number of aryl methyl sites for hydroxylation is 1. The molecule has 0 spiro atoms. The summed E-state index contributed by atoms with van der Waals surface area (Å²) >= 11 is 3.29. The van der Waals surface area contributed by atoms with Crippen LogP contribution in [0.15, 0.2) is 97.2 Å². The van der Waals surface area contributed by atoms with Crippen molar-refractivity contribution in [2.75, 3.05) is 5.32 Å². The fourth-order valence-electron chi connectivity index (χ4n) is 4.50. The predicted molar refractivity (Wildman–Crippen MR) is 166 cm³/mol. The highest BCUT2D eigenvalue weighted by molar-refractivity contribution is 7.31. The maximum atomic E-state index is 12.7. The molecule has 1 atom stereocenters. The summed E-state index contributed by atoms with van der Waals surface area (Å²) in [6.45, 7) is 1.84. The molecule has 0 bridgehead atoms. The number of nitrogens with zero attached hydrogens (tertiary/aromatic N) is 2. The Morgan fingerprint density at radius 3 is 2.31 bits per heavy atom. The summed E-state index contributed by atoms with van der Waals surface area (Å²) in [5, 5.41) is 16.6. The van der Waals surface area contributed by atoms with Crippen molar-refractivity contribution in [2.24, 2.45) is 7.05 Å². The predicted octanol–water partition coefficient (Wildman–Crippen LogP) is 8.83. The molecule has 0 aliphatic rings. The molecule has 0 radical (unpaired) electrons. The molecule has 0 saturated heterocycles. The number of fused-ring (bicyclic) bond motifs is 1. The Hall–Kier alpha value is -4.93. The third kappa shape index (κ3) is 5.63. The van der Waals surface area contributed by atoms with Crippen LogP contribution in [0.25, 0.3) is 30.3 Å². The first-order chi connectivity index (χ1) is 20.4. The van der Waals surface area contributed by atoms with Gasteiger partial charge in [0.1, 0.15) is 29.0 Å². The fraction of sp³-hybridized carbons (Fsp3) is 0.0938. The molecule has 3 aromatic heterocycles. The minimum absolute atomic E-state index is 0.112. The zero-order chi connectivity index (χ0) is 29.2. The van der Waals surface area contributed by atoms with Crippen LogP contribution >= 0.6 is 22.7 Å². The molecule has 10 heteroatoms. The van der Waals surface area contributed by atoms with E-state index in [0.29, 0.717) is 17.3 Å². The number of carbonyl (C=O) groups excluding carboxylic acids is 1. The number of aromatic nitrogens is 2. The zero-order valence-corrected chi connectivity index (χ0v) is 24.2. The van der Waals surface area contributed by atoms with Crippen LogP contribution in [0, 0.1) is 0 Å². The summed E-state index contributed by atoms with van der Waals surface area (Å²) in [6, 6.07) is 28.0. The van der Waals surface area contributed by atoms with Crippen LogP contribution in [0.1, 0.15) is 28.9 Å². The molecule has 210 valence electrons. The Morgan fingerprint density at radius 2 is 1.57 bits per heavy atom. The van der Waals surface area contributed by atoms with Gasteiger partial charge in [-0.2, -0.15) is 5.10 Å². The summed E-state index contributed by atoms with van der Waals surface area (Å²) in [4.78, 5) is 26.3. The molecule has 2 N–H and O–H groups in total. The van der Waals surface area contributed by atoms with Crippen molar-refractivity contribution in [3.05, 3.63) is 108 Å². The Labute approximate surface area is 249 Å². The molecule has 0 unspecified atom stereocenters. The van der Waals surface area contributed by atoms with E-state index in [4.69, 9.17) is 9.47 Å². The number of ether oxygens (including phenoxy) is 2. The largest absolute Gasteiger partial charge is 0.478 e. The molecule has 42 heavy (non-hydrogen) atoms. The van der Waals surface area contributed by atoms with Gasteiger partial charge in [0.15, 0.2) is 0 Å². The first kappa shape index (κ1) is 27.3. The molecular formula is C32H25N3O5S2. The van der Waals surface area contributed by atoms with Gasteiger partial charge in [-0.3, -0.25) is 10.00 Å². The van der Waals surface area contributed by atoms with Gasteiger partial charge in [0.2, 0.25) is 0 Å². The monoisotopic (exact) mass is 595 g/mol. The first-order valence-electron chi connectivity index (χ1n) is 13.0. The second-order valence-electron chi connectivity index (χ2n) is 9.49. The molecule has 6 rings (SSSR count). The third-order valence-electron chi connectivity index (χ3n) is 6.67. The average molecular weight is 596 g/mol. The number of rotatable bonds is 8. The molecule has 8 nitrogen and oxygen atoms in total. The Morgan fingerprint density at radius 1 is 0.905 bits per heavy atom. The summed E-state index contributed by atoms with van der Waals surface area (Å²) in [5.41, 5.74) is 2.88. The van der Waals surface area contributed by atoms with E-state index in [1.807, 2.05) is 61.5 Å². The van der Waals surface area contributed by atoms with E-state index in [-0.39, 0.29) is 5.56 Å². The zero-order valence-electron chi connectivity index (χ0n) is 22.6. The summed E-state index contributed by atoms with van der Waals surface area (Å²) < 4.78 is 15.3. The van der Waals surface area contributed by atoms with Gasteiger partial charge in [0.25, 0.3) is 0 Å². The van der Waals surface area contributed by atoms with Crippen LogP contribution in [0.2, 0.25) is 0 Å². The number of nitrogens with one attached hydrogen (secondary N) is 1. The van der Waals surface area contributed by atoms with Crippen LogP contribution < -0.4 is 10.1 Å². The normalized spacial score (nSPS) is 11.8. The van der Waals surface area contributed by atoms with E-state index < -0.39 is 18.2 Å². The van der Waals surface area contributed by atoms with Crippen LogP contribution in [0.4, 0.5) is 10.6 Å². The maximum Gasteiger partial charge on any atom is 0.413 e. The third-order valence-corrected chi connectivity index (χ3v) is 9.04. The highest BCUT2D eigenvalue weighted by atomic mass is 32.1. The SMILES string of the molecule is C[C@@H](OC(=O)Nc1c(-c2cc3sc(-c4ccc(Oc5ccccc5C(=O)O)cc4)cc3s2)cnn1C)c1ccccc1. The van der Waals surface area contributed by atoms with Gasteiger partial charge < -0.3 is 14.6 Å². The highest BCUT2D eigenvalue weighted by Crippen LogP contribution is 2.43. The van der Waals surface area contributed by atoms with E-state index in [2.05, 4.69) is 22.5 Å². The number of para-hydroxylation sites is 1. The summed E-state index contributed by atoms with van der Waals surface area (Å²) in [5.74, 6) is 0.382. The van der Waals surface area contributed by atoms with Crippen LogP contribution in [-0.2, 0) is 11.8 Å². The Bertz CT molecular complexity index is 1860. The molecule has 3 heterocycles. The van der Waals surface area contributed by atoms with E-state index in [1.165, 1.54) is 6.07 Å². The lowest BCUT2D eigenvalue weighted by molar-refractivity contribution is 0.0694. The number of anilines is 1. The van der Waals surface area contributed by atoms with E-state index >= 15 is 0 Å². The topological polar surface area (TPSA) is 103 Å². The molecular weight excluding hydrogens is 571 g/mol. The van der Waals surface area contributed by atoms with Gasteiger partial charge in [-0.25, -0.2) is 9.59 Å². The van der Waals surface area contributed by atoms with Gasteiger partial charge in [-0.05, 0) is 66.6 Å². The van der Waals surface area contributed by atoms with Gasteiger partial charge in [0.05, 0.1) is 11.8 Å². The maximum absolute atomic E-state index is 12.7. The summed E-state index contributed by atoms with van der Waals surface area (Å²) in [6.07, 6.45) is 0.804. The molecule has 0 fully saturated rings. The number of hydrogen-bond donors (Lipinski definition) is 2. The minimum Gasteiger partial charge on any atom is -0.478 e. The quantitative estimate of drug-likeness (QED) is 0.182. The molecule has 6 aromatic rings. The van der Waals surface area contributed by atoms with Gasteiger partial charge in [0, 0.05) is 26.2 Å². The van der Waals surface area contributed by atoms with Crippen molar-refractivity contribution in [3.8, 4) is 32.4 Å². The number of benzene rings is 3. The second-order valence-corrected chi connectivity index (χ2v) is 11.7. The first-order valence-corrected chi connectivity index (χ1v) is 14.7. The average Bonchev–Trinajstić information content (AvgIpc) is 3.68. The van der Waals surface area contributed by atoms with Crippen LogP contribution in [-0.4, -0.2) is 26.9 Å². The van der Waals surface area contributed by atoms with Crippen molar-refractivity contribution >= 4 is 50.0 Å². The molecule has 0 saturated carbocycles. The number of thiophene rings is 2. The lowest BCUT2D eigenvalue weighted by Crippen LogP contribution is -2.18. The molecule has 0 aliphatic heterocycles. The highest BCUT2D eigenvalue weighted by Gasteiger charge is 2.19. The summed E-state index contributed by atoms with van der Waals surface area (Å²) in [7, 11) is 1.78. The van der Waals surface area contributed by atoms with Crippen molar-refractivity contribution in [2.45, 2.75) is 13.0 Å². The fourth-order valence-corrected chi connectivity index (χ4v) is 6.91. The molecule has 3 aromatic carbocycles. The van der Waals surface area contributed by atoms with Gasteiger partial charge in [-0.15, -0.1) is 22.7 Å². The smallest absolute Gasteiger partial charge is 0.413 e. The lowest BCUT2D eigenvalue weighted by Gasteiger charge is -2.14. The van der Waals surface area contributed by atoms with E-state index in [9.17, 15) is 14.7 Å². The number of amides is 1.